The van der Waals surface area contributed by atoms with Crippen molar-refractivity contribution in [1.82, 2.24) is 0 Å². The molecule has 0 atom stereocenters. The van der Waals surface area contributed by atoms with E-state index in [1.165, 1.54) is 4.90 Å². The van der Waals surface area contributed by atoms with Crippen LogP contribution in [0.5, 0.6) is 5.75 Å². The SMILES string of the molecule is CCCSc1ccc(C(=O)C=Cc2ccc(OCCC(=O)O)c(C)c2)cc1. The number of carbonyl (C=O) groups is 2. The Hall–Kier alpha value is -2.53. The van der Waals surface area contributed by atoms with E-state index < -0.39 is 5.97 Å². The molecule has 142 valence electrons. The molecule has 0 radical (unpaired) electrons. The number of aliphatic carboxylic acids is 1. The Morgan fingerprint density at radius 2 is 1.89 bits per heavy atom. The number of ether oxygens (including phenoxy) is 1. The molecule has 2 aromatic rings. The third-order valence-corrected chi connectivity index (χ3v) is 5.03. The first-order valence-corrected chi connectivity index (χ1v) is 9.88. The predicted molar refractivity (Wildman–Crippen MR) is 110 cm³/mol. The average Bonchev–Trinajstić information content (AvgIpc) is 2.66. The second-order valence-electron chi connectivity index (χ2n) is 6.09. The van der Waals surface area contributed by atoms with Crippen molar-refractivity contribution in [2.75, 3.05) is 12.4 Å². The molecule has 0 aliphatic carbocycles. The van der Waals surface area contributed by atoms with Gasteiger partial charge in [-0.05, 0) is 72.7 Å². The van der Waals surface area contributed by atoms with Crippen molar-refractivity contribution in [1.29, 1.82) is 0 Å². The summed E-state index contributed by atoms with van der Waals surface area (Å²) in [5.74, 6) is 0.798. The summed E-state index contributed by atoms with van der Waals surface area (Å²) in [6, 6.07) is 13.2. The number of benzene rings is 2. The van der Waals surface area contributed by atoms with Gasteiger partial charge in [-0.3, -0.25) is 9.59 Å². The molecule has 0 aromatic heterocycles. The minimum atomic E-state index is -0.886. The standard InChI is InChI=1S/C22H24O4S/c1-3-14-27-19-8-6-18(7-9-19)20(23)10-4-17-5-11-21(16(2)15-17)26-13-12-22(24)25/h4-11,15H,3,12-14H2,1-2H3,(H,24,25). The zero-order valence-corrected chi connectivity index (χ0v) is 16.4. The van der Waals surface area contributed by atoms with Crippen LogP contribution in [0.2, 0.25) is 0 Å². The maximum Gasteiger partial charge on any atom is 0.306 e. The van der Waals surface area contributed by atoms with Gasteiger partial charge in [0.15, 0.2) is 5.78 Å². The Bertz CT molecular complexity index is 810. The number of allylic oxidation sites excluding steroid dienone is 1. The summed E-state index contributed by atoms with van der Waals surface area (Å²) < 4.78 is 5.46. The molecule has 0 aliphatic rings. The minimum absolute atomic E-state index is 0.0364. The number of rotatable bonds is 10. The topological polar surface area (TPSA) is 63.6 Å². The van der Waals surface area contributed by atoms with E-state index in [-0.39, 0.29) is 18.8 Å². The Morgan fingerprint density at radius 1 is 1.15 bits per heavy atom. The first kappa shape index (κ1) is 20.8. The van der Waals surface area contributed by atoms with Gasteiger partial charge in [-0.2, -0.15) is 0 Å². The molecule has 0 heterocycles. The van der Waals surface area contributed by atoms with E-state index in [1.54, 1.807) is 30.0 Å². The zero-order chi connectivity index (χ0) is 19.6. The molecule has 0 spiro atoms. The maximum atomic E-state index is 12.3. The van der Waals surface area contributed by atoms with Crippen LogP contribution in [0.1, 0.15) is 41.3 Å². The summed E-state index contributed by atoms with van der Waals surface area (Å²) in [5, 5.41) is 8.65. The van der Waals surface area contributed by atoms with Gasteiger partial charge in [0.25, 0.3) is 0 Å². The van der Waals surface area contributed by atoms with E-state index in [4.69, 9.17) is 9.84 Å². The van der Waals surface area contributed by atoms with E-state index in [0.29, 0.717) is 11.3 Å². The van der Waals surface area contributed by atoms with Crippen LogP contribution >= 0.6 is 11.8 Å². The quantitative estimate of drug-likeness (QED) is 0.344. The molecule has 0 saturated carbocycles. The molecule has 5 heteroatoms. The molecule has 0 aliphatic heterocycles. The van der Waals surface area contributed by atoms with E-state index >= 15 is 0 Å². The van der Waals surface area contributed by atoms with Crippen LogP contribution in [0, 0.1) is 6.92 Å². The number of aryl methyl sites for hydroxylation is 1. The van der Waals surface area contributed by atoms with E-state index in [0.717, 1.165) is 23.3 Å². The van der Waals surface area contributed by atoms with Crippen LogP contribution in [-0.4, -0.2) is 29.2 Å². The van der Waals surface area contributed by atoms with Crippen LogP contribution in [0.25, 0.3) is 6.08 Å². The van der Waals surface area contributed by atoms with E-state index in [9.17, 15) is 9.59 Å². The fourth-order valence-corrected chi connectivity index (χ4v) is 3.16. The second kappa shape index (κ2) is 10.6. The van der Waals surface area contributed by atoms with Crippen molar-refractivity contribution in [3.05, 3.63) is 65.2 Å². The fraction of sp³-hybridized carbons (Fsp3) is 0.273. The number of carbonyl (C=O) groups excluding carboxylic acids is 1. The van der Waals surface area contributed by atoms with Crippen LogP contribution in [0.15, 0.2) is 53.4 Å². The lowest BCUT2D eigenvalue weighted by molar-refractivity contribution is -0.137. The molecule has 27 heavy (non-hydrogen) atoms. The number of carboxylic acids is 1. The number of carboxylic acid groups (broad SMARTS) is 1. The van der Waals surface area contributed by atoms with Gasteiger partial charge in [-0.25, -0.2) is 0 Å². The van der Waals surface area contributed by atoms with Gasteiger partial charge in [0, 0.05) is 10.5 Å². The Morgan fingerprint density at radius 3 is 2.52 bits per heavy atom. The van der Waals surface area contributed by atoms with Crippen LogP contribution in [0.3, 0.4) is 0 Å². The molecular weight excluding hydrogens is 360 g/mol. The average molecular weight is 384 g/mol. The smallest absolute Gasteiger partial charge is 0.306 e. The second-order valence-corrected chi connectivity index (χ2v) is 7.26. The summed E-state index contributed by atoms with van der Waals surface area (Å²) in [5.41, 5.74) is 2.45. The largest absolute Gasteiger partial charge is 0.493 e. The predicted octanol–water partition coefficient (Wildman–Crippen LogP) is 5.25. The lowest BCUT2D eigenvalue weighted by Gasteiger charge is -2.08. The highest BCUT2D eigenvalue weighted by Crippen LogP contribution is 2.21. The molecule has 0 bridgehead atoms. The fourth-order valence-electron chi connectivity index (χ4n) is 2.39. The van der Waals surface area contributed by atoms with Gasteiger partial charge >= 0.3 is 5.97 Å². The third kappa shape index (κ3) is 6.94. The van der Waals surface area contributed by atoms with Crippen LogP contribution in [-0.2, 0) is 4.79 Å². The normalized spacial score (nSPS) is 10.9. The lowest BCUT2D eigenvalue weighted by Crippen LogP contribution is -2.05. The van der Waals surface area contributed by atoms with Gasteiger partial charge in [-0.1, -0.05) is 19.1 Å². The summed E-state index contributed by atoms with van der Waals surface area (Å²) in [7, 11) is 0. The lowest BCUT2D eigenvalue weighted by atomic mass is 10.1. The Balaban J connectivity index is 1.97. The van der Waals surface area contributed by atoms with E-state index in [2.05, 4.69) is 6.92 Å². The first-order valence-electron chi connectivity index (χ1n) is 8.90. The Kier molecular flexibility index (Phi) is 8.14. The van der Waals surface area contributed by atoms with E-state index in [1.807, 2.05) is 43.3 Å². The summed E-state index contributed by atoms with van der Waals surface area (Å²) in [6.07, 6.45) is 4.42. The van der Waals surface area contributed by atoms with Gasteiger partial charge in [0.2, 0.25) is 0 Å². The highest BCUT2D eigenvalue weighted by molar-refractivity contribution is 7.99. The molecule has 0 amide bonds. The number of hydrogen-bond acceptors (Lipinski definition) is 4. The van der Waals surface area contributed by atoms with Crippen molar-refractivity contribution in [2.45, 2.75) is 31.6 Å². The number of ketones is 1. The van der Waals surface area contributed by atoms with Crippen LogP contribution in [0.4, 0.5) is 0 Å². The summed E-state index contributed by atoms with van der Waals surface area (Å²) in [6.45, 7) is 4.17. The zero-order valence-electron chi connectivity index (χ0n) is 15.6. The molecule has 4 nitrogen and oxygen atoms in total. The van der Waals surface area contributed by atoms with Crippen molar-refractivity contribution in [2.24, 2.45) is 0 Å². The minimum Gasteiger partial charge on any atom is -0.493 e. The highest BCUT2D eigenvalue weighted by Gasteiger charge is 2.04. The summed E-state index contributed by atoms with van der Waals surface area (Å²) >= 11 is 1.79. The third-order valence-electron chi connectivity index (χ3n) is 3.81. The first-order chi connectivity index (χ1) is 13.0. The summed E-state index contributed by atoms with van der Waals surface area (Å²) in [4.78, 5) is 24.0. The molecule has 0 fully saturated rings. The molecule has 0 saturated heterocycles. The molecule has 2 aromatic carbocycles. The van der Waals surface area contributed by atoms with Crippen molar-refractivity contribution < 1.29 is 19.4 Å². The maximum absolute atomic E-state index is 12.3. The molecular formula is C22H24O4S. The monoisotopic (exact) mass is 384 g/mol. The molecule has 0 unspecified atom stereocenters. The number of thioether (sulfide) groups is 1. The molecule has 2 rings (SSSR count). The highest BCUT2D eigenvalue weighted by atomic mass is 32.2. The van der Waals surface area contributed by atoms with Crippen molar-refractivity contribution in [3.63, 3.8) is 0 Å². The van der Waals surface area contributed by atoms with Gasteiger partial charge in [-0.15, -0.1) is 11.8 Å². The van der Waals surface area contributed by atoms with Gasteiger partial charge in [0.1, 0.15) is 5.75 Å². The molecule has 1 N–H and O–H groups in total. The van der Waals surface area contributed by atoms with Gasteiger partial charge < -0.3 is 9.84 Å². The van der Waals surface area contributed by atoms with Crippen molar-refractivity contribution >= 4 is 29.6 Å². The van der Waals surface area contributed by atoms with Gasteiger partial charge in [0.05, 0.1) is 13.0 Å². The van der Waals surface area contributed by atoms with Crippen molar-refractivity contribution in [3.8, 4) is 5.75 Å². The van der Waals surface area contributed by atoms with Crippen LogP contribution < -0.4 is 4.74 Å². The number of hydrogen-bond donors (Lipinski definition) is 1. The Labute approximate surface area is 164 Å².